The first-order chi connectivity index (χ1) is 6.47. The van der Waals surface area contributed by atoms with Gasteiger partial charge in [0.2, 0.25) is 0 Å². The van der Waals surface area contributed by atoms with Crippen molar-refractivity contribution in [2.75, 3.05) is 13.2 Å². The molecule has 0 atom stereocenters. The molecular weight excluding hydrogens is 197 g/mol. The molecule has 0 amide bonds. The summed E-state index contributed by atoms with van der Waals surface area (Å²) in [5.41, 5.74) is 5.45. The number of aliphatic imine (C=N–C) groups is 1. The molecule has 0 aromatic carbocycles. The molecular formula is C8H13F3N2O. The molecule has 0 spiro atoms. The van der Waals surface area contributed by atoms with Crippen molar-refractivity contribution in [1.29, 1.82) is 0 Å². The lowest BCUT2D eigenvalue weighted by atomic mass is 10.4. The summed E-state index contributed by atoms with van der Waals surface area (Å²) in [6, 6.07) is 0.303. The van der Waals surface area contributed by atoms with Crippen molar-refractivity contribution in [2.45, 2.75) is 31.5 Å². The molecule has 0 radical (unpaired) electrons. The van der Waals surface area contributed by atoms with Crippen LogP contribution in [0.2, 0.25) is 0 Å². The van der Waals surface area contributed by atoms with Crippen molar-refractivity contribution in [3.05, 3.63) is 0 Å². The molecule has 1 aliphatic carbocycles. The van der Waals surface area contributed by atoms with E-state index in [0.29, 0.717) is 11.9 Å². The SMILES string of the molecule is NC(CCOCC(F)(F)F)=NC1CC1. The molecule has 2 N–H and O–H groups in total. The second-order valence-corrected chi connectivity index (χ2v) is 3.27. The van der Waals surface area contributed by atoms with Gasteiger partial charge < -0.3 is 10.5 Å². The van der Waals surface area contributed by atoms with Crippen molar-refractivity contribution < 1.29 is 17.9 Å². The number of nitrogens with zero attached hydrogens (tertiary/aromatic N) is 1. The minimum Gasteiger partial charge on any atom is -0.387 e. The Morgan fingerprint density at radius 2 is 2.07 bits per heavy atom. The summed E-state index contributed by atoms with van der Waals surface area (Å²) in [5.74, 6) is 0.384. The minimum atomic E-state index is -4.26. The van der Waals surface area contributed by atoms with E-state index < -0.39 is 12.8 Å². The lowest BCUT2D eigenvalue weighted by Gasteiger charge is -2.06. The Labute approximate surface area is 80.1 Å². The van der Waals surface area contributed by atoms with E-state index in [4.69, 9.17) is 5.73 Å². The third-order valence-corrected chi connectivity index (χ3v) is 1.66. The molecule has 1 fully saturated rings. The molecule has 14 heavy (non-hydrogen) atoms. The molecule has 0 aromatic rings. The van der Waals surface area contributed by atoms with Crippen LogP contribution in [-0.4, -0.2) is 31.3 Å². The zero-order valence-corrected chi connectivity index (χ0v) is 7.68. The second kappa shape index (κ2) is 4.63. The Hall–Kier alpha value is -0.780. The van der Waals surface area contributed by atoms with Crippen molar-refractivity contribution >= 4 is 5.84 Å². The number of ether oxygens (including phenoxy) is 1. The van der Waals surface area contributed by atoms with Gasteiger partial charge >= 0.3 is 6.18 Å². The lowest BCUT2D eigenvalue weighted by molar-refractivity contribution is -0.173. The smallest absolute Gasteiger partial charge is 0.387 e. The number of halogens is 3. The van der Waals surface area contributed by atoms with Crippen LogP contribution in [-0.2, 0) is 4.74 Å². The fraction of sp³-hybridized carbons (Fsp3) is 0.875. The first-order valence-corrected chi connectivity index (χ1v) is 4.44. The van der Waals surface area contributed by atoms with Gasteiger partial charge in [0, 0.05) is 6.42 Å². The van der Waals surface area contributed by atoms with Gasteiger partial charge in [-0.1, -0.05) is 0 Å². The zero-order valence-electron chi connectivity index (χ0n) is 7.68. The predicted octanol–water partition coefficient (Wildman–Crippen LogP) is 1.47. The number of hydrogen-bond donors (Lipinski definition) is 1. The normalized spacial score (nSPS) is 18.6. The average Bonchev–Trinajstić information content (AvgIpc) is 2.80. The van der Waals surface area contributed by atoms with Crippen LogP contribution in [0.3, 0.4) is 0 Å². The molecule has 1 rings (SSSR count). The molecule has 1 saturated carbocycles. The molecule has 0 aromatic heterocycles. The van der Waals surface area contributed by atoms with Crippen molar-refractivity contribution in [2.24, 2.45) is 10.7 Å². The van der Waals surface area contributed by atoms with Crippen molar-refractivity contribution in [3.8, 4) is 0 Å². The third kappa shape index (κ3) is 5.80. The molecule has 0 aliphatic heterocycles. The highest BCUT2D eigenvalue weighted by Gasteiger charge is 2.27. The molecule has 0 unspecified atom stereocenters. The lowest BCUT2D eigenvalue weighted by Crippen LogP contribution is -2.20. The number of nitrogens with two attached hydrogens (primary N) is 1. The van der Waals surface area contributed by atoms with Crippen LogP contribution < -0.4 is 5.73 Å². The fourth-order valence-corrected chi connectivity index (χ4v) is 0.867. The Morgan fingerprint density at radius 1 is 1.43 bits per heavy atom. The van der Waals surface area contributed by atoms with E-state index >= 15 is 0 Å². The van der Waals surface area contributed by atoms with Crippen LogP contribution in [0.1, 0.15) is 19.3 Å². The summed E-state index contributed by atoms with van der Waals surface area (Å²) in [4.78, 5) is 4.06. The van der Waals surface area contributed by atoms with Crippen LogP contribution in [0.4, 0.5) is 13.2 Å². The second-order valence-electron chi connectivity index (χ2n) is 3.27. The number of amidine groups is 1. The van der Waals surface area contributed by atoms with E-state index in [-0.39, 0.29) is 13.0 Å². The van der Waals surface area contributed by atoms with Gasteiger partial charge in [0.25, 0.3) is 0 Å². The van der Waals surface area contributed by atoms with Gasteiger partial charge in [-0.3, -0.25) is 4.99 Å². The number of hydrogen-bond acceptors (Lipinski definition) is 2. The monoisotopic (exact) mass is 210 g/mol. The highest BCUT2D eigenvalue weighted by Crippen LogP contribution is 2.23. The summed E-state index contributed by atoms with van der Waals surface area (Å²) < 4.78 is 39.2. The van der Waals surface area contributed by atoms with Gasteiger partial charge in [-0.15, -0.1) is 0 Å². The van der Waals surface area contributed by atoms with Crippen LogP contribution in [0.5, 0.6) is 0 Å². The Bertz CT molecular complexity index is 211. The summed E-state index contributed by atoms with van der Waals surface area (Å²) >= 11 is 0. The summed E-state index contributed by atoms with van der Waals surface area (Å²) in [6.07, 6.45) is -1.93. The first kappa shape index (κ1) is 11.3. The van der Waals surface area contributed by atoms with E-state index in [9.17, 15) is 13.2 Å². The Kier molecular flexibility index (Phi) is 3.74. The summed E-state index contributed by atoms with van der Waals surface area (Å²) in [6.45, 7) is -1.24. The van der Waals surface area contributed by atoms with E-state index in [1.54, 1.807) is 0 Å². The highest BCUT2D eigenvalue weighted by atomic mass is 19.4. The van der Waals surface area contributed by atoms with E-state index in [0.717, 1.165) is 12.8 Å². The topological polar surface area (TPSA) is 47.6 Å². The summed E-state index contributed by atoms with van der Waals surface area (Å²) in [7, 11) is 0. The molecule has 0 heterocycles. The third-order valence-electron chi connectivity index (χ3n) is 1.66. The molecule has 3 nitrogen and oxygen atoms in total. The standard InChI is InChI=1S/C8H13F3N2O/c9-8(10,11)5-14-4-3-7(12)13-6-1-2-6/h6H,1-5H2,(H2,12,13). The van der Waals surface area contributed by atoms with Crippen molar-refractivity contribution in [1.82, 2.24) is 0 Å². The quantitative estimate of drug-likeness (QED) is 0.424. The summed E-state index contributed by atoms with van der Waals surface area (Å²) in [5, 5.41) is 0. The first-order valence-electron chi connectivity index (χ1n) is 4.44. The molecule has 0 saturated heterocycles. The van der Waals surface area contributed by atoms with Gasteiger partial charge in [0.05, 0.1) is 18.5 Å². The molecule has 0 bridgehead atoms. The number of alkyl halides is 3. The molecule has 82 valence electrons. The van der Waals surface area contributed by atoms with Crippen LogP contribution in [0.15, 0.2) is 4.99 Å². The van der Waals surface area contributed by atoms with E-state index in [2.05, 4.69) is 9.73 Å². The average molecular weight is 210 g/mol. The van der Waals surface area contributed by atoms with Crippen LogP contribution >= 0.6 is 0 Å². The van der Waals surface area contributed by atoms with E-state index in [1.807, 2.05) is 0 Å². The van der Waals surface area contributed by atoms with Gasteiger partial charge in [-0.25, -0.2) is 0 Å². The molecule has 1 aliphatic rings. The van der Waals surface area contributed by atoms with Gasteiger partial charge in [0.15, 0.2) is 0 Å². The van der Waals surface area contributed by atoms with Gasteiger partial charge in [-0.2, -0.15) is 13.2 Å². The van der Waals surface area contributed by atoms with Crippen molar-refractivity contribution in [3.63, 3.8) is 0 Å². The van der Waals surface area contributed by atoms with E-state index in [1.165, 1.54) is 0 Å². The Morgan fingerprint density at radius 3 is 2.57 bits per heavy atom. The molecule has 6 heteroatoms. The van der Waals surface area contributed by atoms with Crippen LogP contribution in [0.25, 0.3) is 0 Å². The predicted molar refractivity (Wildman–Crippen MR) is 46.1 cm³/mol. The minimum absolute atomic E-state index is 0.0262. The van der Waals surface area contributed by atoms with Gasteiger partial charge in [-0.05, 0) is 12.8 Å². The van der Waals surface area contributed by atoms with Gasteiger partial charge in [0.1, 0.15) is 6.61 Å². The zero-order chi connectivity index (χ0) is 10.6. The van der Waals surface area contributed by atoms with Crippen LogP contribution in [0, 0.1) is 0 Å². The maximum atomic E-state index is 11.6. The highest BCUT2D eigenvalue weighted by molar-refractivity contribution is 5.80. The number of rotatable bonds is 5. The fourth-order valence-electron chi connectivity index (χ4n) is 0.867. The maximum Gasteiger partial charge on any atom is 0.411 e. The largest absolute Gasteiger partial charge is 0.411 e. The Balaban J connectivity index is 2.03. The maximum absolute atomic E-state index is 11.6.